The number of phenols is 9. The van der Waals surface area contributed by atoms with Gasteiger partial charge in [0.05, 0.1) is 0 Å². The van der Waals surface area contributed by atoms with E-state index in [-0.39, 0.29) is 71.0 Å². The number of aromatic hydroxyl groups is 9. The van der Waals surface area contributed by atoms with Crippen molar-refractivity contribution in [2.75, 3.05) is 0 Å². The Balaban J connectivity index is 1.37. The van der Waals surface area contributed by atoms with Crippen LogP contribution in [0.15, 0.2) is 152 Å². The van der Waals surface area contributed by atoms with Crippen molar-refractivity contribution in [3.8, 4) is 62.9 Å². The lowest BCUT2D eigenvalue weighted by Crippen LogP contribution is -2.02. The lowest BCUT2D eigenvalue weighted by atomic mass is 9.83. The second kappa shape index (κ2) is 16.9. The summed E-state index contributed by atoms with van der Waals surface area (Å²) in [5, 5.41) is 102. The van der Waals surface area contributed by atoms with E-state index in [1.54, 1.807) is 140 Å². The molecule has 0 aliphatic carbocycles. The van der Waals surface area contributed by atoms with Gasteiger partial charge in [0.25, 0.3) is 0 Å². The zero-order chi connectivity index (χ0) is 44.6. The molecular formula is C55H44O9. The first-order valence-electron chi connectivity index (χ1n) is 20.8. The minimum absolute atomic E-state index is 0.0593. The summed E-state index contributed by atoms with van der Waals surface area (Å²) in [6.45, 7) is 0. The minimum atomic E-state index is -0.112. The number of hydrogen-bond acceptors (Lipinski definition) is 9. The highest BCUT2D eigenvalue weighted by Gasteiger charge is 2.26. The Morgan fingerprint density at radius 2 is 0.625 bits per heavy atom. The molecule has 9 N–H and O–H groups in total. The summed E-state index contributed by atoms with van der Waals surface area (Å²) in [5.74, 6) is 0.135. The molecular weight excluding hydrogens is 805 g/mol. The highest BCUT2D eigenvalue weighted by Crippen LogP contribution is 2.50. The lowest BCUT2D eigenvalue weighted by molar-refractivity contribution is 0.468. The van der Waals surface area contributed by atoms with E-state index in [1.165, 1.54) is 0 Å². The molecule has 0 aromatic heterocycles. The topological polar surface area (TPSA) is 182 Å². The Bertz CT molecular complexity index is 3180. The maximum atomic E-state index is 12.7. The van der Waals surface area contributed by atoms with Crippen molar-refractivity contribution in [2.45, 2.75) is 32.1 Å². The van der Waals surface area contributed by atoms with Crippen LogP contribution in [0.2, 0.25) is 0 Å². The molecule has 0 radical (unpaired) electrons. The van der Waals surface area contributed by atoms with Gasteiger partial charge in [-0.15, -0.1) is 0 Å². The Morgan fingerprint density at radius 3 is 1.08 bits per heavy atom. The number of phenolic OH excluding ortho intramolecular Hbond substituents is 9. The van der Waals surface area contributed by atoms with Crippen LogP contribution >= 0.6 is 0 Å². The van der Waals surface area contributed by atoms with Crippen LogP contribution in [0.1, 0.15) is 55.6 Å². The molecule has 0 fully saturated rings. The van der Waals surface area contributed by atoms with Crippen LogP contribution in [0.5, 0.6) is 51.7 Å². The minimum Gasteiger partial charge on any atom is -0.508 e. The molecule has 9 rings (SSSR count). The van der Waals surface area contributed by atoms with Gasteiger partial charge in [-0.05, 0) is 140 Å². The predicted octanol–water partition coefficient (Wildman–Crippen LogP) is 11.0. The number of benzene rings is 9. The smallest absolute Gasteiger partial charge is 0.127 e. The first-order valence-corrected chi connectivity index (χ1v) is 20.8. The fraction of sp³-hybridized carbons (Fsp3) is 0.0909. The highest BCUT2D eigenvalue weighted by molar-refractivity contribution is 6.10. The first-order chi connectivity index (χ1) is 30.9. The Labute approximate surface area is 368 Å². The van der Waals surface area contributed by atoms with E-state index >= 15 is 0 Å². The van der Waals surface area contributed by atoms with Gasteiger partial charge in [0.15, 0.2) is 0 Å². The highest BCUT2D eigenvalue weighted by atomic mass is 16.3. The monoisotopic (exact) mass is 848 g/mol. The van der Waals surface area contributed by atoms with Crippen molar-refractivity contribution < 1.29 is 46.0 Å². The van der Waals surface area contributed by atoms with Gasteiger partial charge in [0.2, 0.25) is 0 Å². The molecule has 0 bridgehead atoms. The van der Waals surface area contributed by atoms with Crippen LogP contribution in [0.3, 0.4) is 0 Å². The molecule has 9 aromatic carbocycles. The molecule has 0 aliphatic rings. The van der Waals surface area contributed by atoms with E-state index in [2.05, 4.69) is 0 Å². The third-order valence-corrected chi connectivity index (χ3v) is 12.0. The Morgan fingerprint density at radius 1 is 0.250 bits per heavy atom. The number of rotatable bonds is 11. The van der Waals surface area contributed by atoms with Crippen molar-refractivity contribution >= 4 is 21.5 Å². The zero-order valence-electron chi connectivity index (χ0n) is 34.5. The molecule has 318 valence electrons. The summed E-state index contributed by atoms with van der Waals surface area (Å²) >= 11 is 0. The molecule has 0 unspecified atom stereocenters. The molecule has 0 atom stereocenters. The normalized spacial score (nSPS) is 11.4. The summed E-state index contributed by atoms with van der Waals surface area (Å²) < 4.78 is 0. The third-order valence-electron chi connectivity index (χ3n) is 12.0. The maximum absolute atomic E-state index is 12.7. The van der Waals surface area contributed by atoms with E-state index in [4.69, 9.17) is 0 Å². The largest absolute Gasteiger partial charge is 0.508 e. The van der Waals surface area contributed by atoms with Gasteiger partial charge in [-0.2, -0.15) is 0 Å². The summed E-state index contributed by atoms with van der Waals surface area (Å²) in [7, 11) is 0. The van der Waals surface area contributed by atoms with Gasteiger partial charge in [-0.3, -0.25) is 0 Å². The standard InChI is InChI=1S/C55H44O9/c56-40-12-1-31(2-13-40)23-36-11-22-45-49(52(36)61)30-46(48(55(45)64)27-35-9-20-44(60)21-10-35)47-29-39(26-34-7-18-43(59)19-8-34)53(62)50-37(24-32-3-14-41(57)15-4-32)28-38(54(63)51(47)50)25-33-5-16-42(58)17-6-33/h1-22,28-30,56-64H,23-27H2. The fourth-order valence-electron chi connectivity index (χ4n) is 8.66. The van der Waals surface area contributed by atoms with Crippen molar-refractivity contribution in [1.82, 2.24) is 0 Å². The summed E-state index contributed by atoms with van der Waals surface area (Å²) in [4.78, 5) is 0. The molecule has 0 aliphatic heterocycles. The quantitative estimate of drug-likeness (QED) is 0.0612. The number of hydrogen-bond donors (Lipinski definition) is 9. The van der Waals surface area contributed by atoms with Crippen LogP contribution in [-0.2, 0) is 32.1 Å². The van der Waals surface area contributed by atoms with Gasteiger partial charge in [-0.1, -0.05) is 78.9 Å². The third kappa shape index (κ3) is 8.22. The van der Waals surface area contributed by atoms with Crippen LogP contribution in [0.4, 0.5) is 0 Å². The van der Waals surface area contributed by atoms with Crippen molar-refractivity contribution in [2.24, 2.45) is 0 Å². The zero-order valence-corrected chi connectivity index (χ0v) is 34.5. The average molecular weight is 849 g/mol. The second-order valence-electron chi connectivity index (χ2n) is 16.4. The van der Waals surface area contributed by atoms with Crippen molar-refractivity contribution in [3.63, 3.8) is 0 Å². The molecule has 0 saturated heterocycles. The van der Waals surface area contributed by atoms with Gasteiger partial charge in [0.1, 0.15) is 51.7 Å². The van der Waals surface area contributed by atoms with Crippen molar-refractivity contribution in [3.05, 3.63) is 207 Å². The number of fused-ring (bicyclic) bond motifs is 2. The molecule has 0 spiro atoms. The molecule has 0 amide bonds. The van der Waals surface area contributed by atoms with E-state index in [1.807, 2.05) is 12.1 Å². The maximum Gasteiger partial charge on any atom is 0.127 e. The predicted molar refractivity (Wildman–Crippen MR) is 248 cm³/mol. The molecule has 9 aromatic rings. The lowest BCUT2D eigenvalue weighted by Gasteiger charge is -2.23. The molecule has 0 heterocycles. The average Bonchev–Trinajstić information content (AvgIpc) is 3.28. The van der Waals surface area contributed by atoms with E-state index < -0.39 is 0 Å². The van der Waals surface area contributed by atoms with Gasteiger partial charge < -0.3 is 46.0 Å². The summed E-state index contributed by atoms with van der Waals surface area (Å²) in [5.41, 5.74) is 7.70. The molecule has 64 heavy (non-hydrogen) atoms. The van der Waals surface area contributed by atoms with Crippen LogP contribution in [-0.4, -0.2) is 46.0 Å². The van der Waals surface area contributed by atoms with Gasteiger partial charge in [-0.25, -0.2) is 0 Å². The van der Waals surface area contributed by atoms with E-state index in [0.29, 0.717) is 73.3 Å². The van der Waals surface area contributed by atoms with Crippen LogP contribution in [0.25, 0.3) is 32.7 Å². The first kappa shape index (κ1) is 41.1. The van der Waals surface area contributed by atoms with Gasteiger partial charge >= 0.3 is 0 Å². The second-order valence-corrected chi connectivity index (χ2v) is 16.4. The summed E-state index contributed by atoms with van der Waals surface area (Å²) in [6.07, 6.45) is 1.27. The SMILES string of the molecule is Oc1ccc(Cc2ccc3c(O)c(Cc4ccc(O)cc4)c(-c4cc(Cc5ccc(O)cc5)c(O)c5c(Cc6ccc(O)cc6)cc(Cc6ccc(O)cc6)c(O)c45)cc3c2O)cc1. The van der Waals surface area contributed by atoms with Crippen molar-refractivity contribution in [1.29, 1.82) is 0 Å². The fourth-order valence-corrected chi connectivity index (χ4v) is 8.66. The molecule has 9 nitrogen and oxygen atoms in total. The van der Waals surface area contributed by atoms with E-state index in [9.17, 15) is 46.0 Å². The Kier molecular flexibility index (Phi) is 10.8. The van der Waals surface area contributed by atoms with Crippen LogP contribution < -0.4 is 0 Å². The van der Waals surface area contributed by atoms with E-state index in [0.717, 1.165) is 27.8 Å². The summed E-state index contributed by atoms with van der Waals surface area (Å²) in [6, 6.07) is 42.5. The van der Waals surface area contributed by atoms with Gasteiger partial charge in [0, 0.05) is 52.8 Å². The van der Waals surface area contributed by atoms with Crippen LogP contribution in [0, 0.1) is 0 Å². The molecule has 0 saturated carbocycles. The molecule has 9 heteroatoms. The Hall–Kier alpha value is -8.30.